The summed E-state index contributed by atoms with van der Waals surface area (Å²) in [5.74, 6) is 4.52. The first-order valence-corrected chi connectivity index (χ1v) is 27.5. The van der Waals surface area contributed by atoms with E-state index in [0.717, 1.165) is 64.7 Å². The van der Waals surface area contributed by atoms with E-state index in [1.165, 1.54) is 22.3 Å². The van der Waals surface area contributed by atoms with E-state index in [4.69, 9.17) is 25.8 Å². The summed E-state index contributed by atoms with van der Waals surface area (Å²) in [6.07, 6.45) is 7.31. The standard InChI is InChI=1S/C61H78N8O9S/c1-41-34-42(2)58(43(3)35-41)47-16-13-15-46(37-47)52(36-44(4)70)66-56(73)40-64-22-11-6-12-24-67(5)26-28-76-30-32-78-33-31-77-29-27-69(63)60-48-17-8-7-14-45(48)38-51(49-18-9-10-19-50(49)59(60)62)53(71)20-23-65-55(72)21-25-68-57(74)39-54(79)61(68)75/h7-11,13-19,22,34-35,37,39,51-52,64,79H,6,12,20-21,23-33,36,38,40,62-63H2,1-5H3,(H,65,72)(H,66,73)/b22-11-,60-59-. The molecule has 0 spiro atoms. The molecule has 0 radical (unpaired) electrons. The molecule has 0 saturated heterocycles. The Balaban J connectivity index is 0.829. The van der Waals surface area contributed by atoms with Crippen molar-refractivity contribution in [2.24, 2.45) is 11.6 Å². The van der Waals surface area contributed by atoms with Gasteiger partial charge in [0.2, 0.25) is 11.8 Å². The zero-order chi connectivity index (χ0) is 56.8. The van der Waals surface area contributed by atoms with Gasteiger partial charge >= 0.3 is 0 Å². The number of rotatable bonds is 32. The van der Waals surface area contributed by atoms with Crippen LogP contribution in [0.3, 0.4) is 0 Å². The van der Waals surface area contributed by atoms with Crippen LogP contribution in [-0.2, 0) is 49.4 Å². The number of nitrogens with one attached hydrogen (secondary N) is 3. The summed E-state index contributed by atoms with van der Waals surface area (Å²) in [7, 11) is 2.06. The fourth-order valence-corrected chi connectivity index (χ4v) is 10.2. The van der Waals surface area contributed by atoms with E-state index in [1.54, 1.807) is 11.9 Å². The number of carbonyl (C=O) groups excluding carboxylic acids is 6. The Hall–Kier alpha value is -6.93. The van der Waals surface area contributed by atoms with Crippen molar-refractivity contribution in [2.45, 2.75) is 78.2 Å². The molecule has 79 heavy (non-hydrogen) atoms. The third-order valence-corrected chi connectivity index (χ3v) is 14.1. The number of Topliss-reactive ketones (excluding diaryl/α,β-unsaturated/α-hetero) is 2. The monoisotopic (exact) mass is 1100 g/mol. The molecule has 0 saturated carbocycles. The number of unbranched alkanes of at least 4 members (excludes halogenated alkanes) is 1. The van der Waals surface area contributed by atoms with Crippen molar-refractivity contribution in [2.75, 3.05) is 86.0 Å². The fraction of sp³-hybridized carbons (Fsp3) is 0.410. The number of carbonyl (C=O) groups is 6. The number of likely N-dealkylation sites (N-methyl/N-ethyl adjacent to an activating group) is 1. The summed E-state index contributed by atoms with van der Waals surface area (Å²) in [6, 6.07) is 27.3. The summed E-state index contributed by atoms with van der Waals surface area (Å²) in [5.41, 5.74) is 17.9. The molecule has 1 aliphatic carbocycles. The van der Waals surface area contributed by atoms with E-state index in [2.05, 4.69) is 85.6 Å². The molecule has 4 aromatic rings. The lowest BCUT2D eigenvalue weighted by Gasteiger charge is -2.30. The number of hydrogen-bond donors (Lipinski definition) is 6. The number of nitrogens with two attached hydrogens (primary N) is 2. The molecule has 1 heterocycles. The van der Waals surface area contributed by atoms with Crippen LogP contribution in [0.1, 0.15) is 95.5 Å². The molecule has 422 valence electrons. The first-order chi connectivity index (χ1) is 38.0. The number of amides is 4. The van der Waals surface area contributed by atoms with Gasteiger partial charge in [0.15, 0.2) is 0 Å². The molecule has 2 aliphatic rings. The lowest BCUT2D eigenvalue weighted by molar-refractivity contribution is -0.137. The van der Waals surface area contributed by atoms with Crippen molar-refractivity contribution in [3.8, 4) is 11.1 Å². The third kappa shape index (κ3) is 18.3. The highest BCUT2D eigenvalue weighted by Gasteiger charge is 2.31. The summed E-state index contributed by atoms with van der Waals surface area (Å²) < 4.78 is 17.4. The van der Waals surface area contributed by atoms with Gasteiger partial charge in [-0.25, -0.2) is 5.84 Å². The number of benzene rings is 4. The normalized spacial score (nSPS) is 15.6. The maximum absolute atomic E-state index is 13.9. The Morgan fingerprint density at radius 3 is 2.19 bits per heavy atom. The predicted octanol–water partition coefficient (Wildman–Crippen LogP) is 6.23. The number of aryl methyl sites for hydroxylation is 3. The SMILES string of the molecule is CC(=O)CC(NC(=O)CN/C=C\CCCN(C)CCOCCOCCOCCN(N)/C1=C(\N)c2ccccc2C(C(=O)CCNC(=O)CCN2C(=O)C=C(S)C2=O)Cc2ccccc21)c1cccc(-c2c(C)cc(C)cc2C)c1. The second kappa shape index (κ2) is 31.0. The highest BCUT2D eigenvalue weighted by Crippen LogP contribution is 2.38. The number of nitrogens with zero attached hydrogens (tertiary/aromatic N) is 3. The molecule has 6 rings (SSSR count). The number of allylic oxidation sites excluding steroid dienone is 1. The van der Waals surface area contributed by atoms with Gasteiger partial charge in [-0.1, -0.05) is 90.5 Å². The molecule has 4 aromatic carbocycles. The zero-order valence-corrected chi connectivity index (χ0v) is 47.2. The molecule has 0 bridgehead atoms. The first-order valence-electron chi connectivity index (χ1n) is 27.0. The van der Waals surface area contributed by atoms with Crippen LogP contribution >= 0.6 is 12.6 Å². The third-order valence-electron chi connectivity index (χ3n) is 13.8. The van der Waals surface area contributed by atoms with E-state index in [-0.39, 0.29) is 67.2 Å². The lowest BCUT2D eigenvalue weighted by atomic mass is 9.80. The fourth-order valence-electron chi connectivity index (χ4n) is 9.96. The van der Waals surface area contributed by atoms with Crippen LogP contribution in [0.4, 0.5) is 0 Å². The summed E-state index contributed by atoms with van der Waals surface area (Å²) in [6.45, 7) is 12.5. The summed E-state index contributed by atoms with van der Waals surface area (Å²) in [4.78, 5) is 79.1. The minimum absolute atomic E-state index is 0.00643. The van der Waals surface area contributed by atoms with E-state index >= 15 is 0 Å². The topological polar surface area (TPSA) is 228 Å². The van der Waals surface area contributed by atoms with Crippen molar-refractivity contribution < 1.29 is 43.0 Å². The first kappa shape index (κ1) is 61.3. The number of imide groups is 1. The molecule has 0 aromatic heterocycles. The molecule has 2 atom stereocenters. The summed E-state index contributed by atoms with van der Waals surface area (Å²) >= 11 is 3.99. The molecule has 7 N–H and O–H groups in total. The van der Waals surface area contributed by atoms with Gasteiger partial charge in [-0.05, 0) is 112 Å². The number of ether oxygens (including phenoxy) is 3. The molecular formula is C61H78N8O9S. The van der Waals surface area contributed by atoms with Crippen molar-refractivity contribution >= 4 is 59.2 Å². The summed E-state index contributed by atoms with van der Waals surface area (Å²) in [5, 5.41) is 10.5. The number of thiol groups is 1. The van der Waals surface area contributed by atoms with E-state index in [9.17, 15) is 28.8 Å². The Morgan fingerprint density at radius 1 is 0.823 bits per heavy atom. The van der Waals surface area contributed by atoms with Crippen molar-refractivity contribution in [3.63, 3.8) is 0 Å². The predicted molar refractivity (Wildman–Crippen MR) is 311 cm³/mol. The Labute approximate surface area is 470 Å². The maximum atomic E-state index is 13.9. The molecular weight excluding hydrogens is 1020 g/mol. The van der Waals surface area contributed by atoms with Crippen LogP contribution in [-0.4, -0.2) is 136 Å². The van der Waals surface area contributed by atoms with E-state index in [1.807, 2.05) is 72.9 Å². The quantitative estimate of drug-likeness (QED) is 0.0105. The average molecular weight is 1100 g/mol. The lowest BCUT2D eigenvalue weighted by Crippen LogP contribution is -2.36. The smallest absolute Gasteiger partial charge is 0.267 e. The second-order valence-corrected chi connectivity index (χ2v) is 20.6. The highest BCUT2D eigenvalue weighted by atomic mass is 32.1. The van der Waals surface area contributed by atoms with Crippen molar-refractivity contribution in [1.82, 2.24) is 30.8 Å². The number of ketones is 2. The average Bonchev–Trinajstić information content (AvgIpc) is 3.78. The van der Waals surface area contributed by atoms with Gasteiger partial charge < -0.3 is 45.8 Å². The molecule has 4 amide bonds. The highest BCUT2D eigenvalue weighted by molar-refractivity contribution is 7.85. The van der Waals surface area contributed by atoms with Gasteiger partial charge in [-0.3, -0.25) is 33.7 Å². The van der Waals surface area contributed by atoms with Crippen LogP contribution in [0.2, 0.25) is 0 Å². The second-order valence-electron chi connectivity index (χ2n) is 20.1. The van der Waals surface area contributed by atoms with Gasteiger partial charge in [0.25, 0.3) is 11.8 Å². The minimum Gasteiger partial charge on any atom is -0.396 e. The number of hydrazine groups is 1. The molecule has 17 nitrogen and oxygen atoms in total. The molecule has 0 fully saturated rings. The van der Waals surface area contributed by atoms with Crippen molar-refractivity contribution in [1.29, 1.82) is 0 Å². The molecule has 18 heteroatoms. The Bertz CT molecular complexity index is 2860. The molecule has 2 unspecified atom stereocenters. The Morgan fingerprint density at radius 2 is 1.49 bits per heavy atom. The zero-order valence-electron chi connectivity index (χ0n) is 46.3. The largest absolute Gasteiger partial charge is 0.396 e. The van der Waals surface area contributed by atoms with Crippen LogP contribution in [0.25, 0.3) is 22.5 Å². The van der Waals surface area contributed by atoms with Crippen LogP contribution < -0.4 is 27.5 Å². The number of hydrogen-bond acceptors (Lipinski definition) is 15. The van der Waals surface area contributed by atoms with E-state index < -0.39 is 23.8 Å². The van der Waals surface area contributed by atoms with Gasteiger partial charge in [0.1, 0.15) is 11.6 Å². The molecule has 1 aliphatic heterocycles. The van der Waals surface area contributed by atoms with Gasteiger partial charge in [-0.2, -0.15) is 0 Å². The number of fused-ring (bicyclic) bond motifs is 2. The van der Waals surface area contributed by atoms with Crippen LogP contribution in [0.5, 0.6) is 0 Å². The van der Waals surface area contributed by atoms with Gasteiger partial charge in [0, 0.05) is 62.0 Å². The van der Waals surface area contributed by atoms with Crippen LogP contribution in [0.15, 0.2) is 108 Å². The minimum atomic E-state index is -0.546. The van der Waals surface area contributed by atoms with Crippen LogP contribution in [0, 0.1) is 20.8 Å². The van der Waals surface area contributed by atoms with Gasteiger partial charge in [-0.15, -0.1) is 12.6 Å². The maximum Gasteiger partial charge on any atom is 0.267 e. The van der Waals surface area contributed by atoms with Gasteiger partial charge in [0.05, 0.1) is 75.1 Å². The van der Waals surface area contributed by atoms with Crippen molar-refractivity contribution in [3.05, 3.63) is 153 Å². The Kier molecular flexibility index (Phi) is 24.1. The van der Waals surface area contributed by atoms with E-state index in [0.29, 0.717) is 69.6 Å².